The Kier molecular flexibility index (Phi) is 5.29. The van der Waals surface area contributed by atoms with Crippen molar-refractivity contribution in [1.82, 2.24) is 0 Å². The van der Waals surface area contributed by atoms with Crippen LogP contribution in [0.1, 0.15) is 13.8 Å². The summed E-state index contributed by atoms with van der Waals surface area (Å²) >= 11 is 0. The van der Waals surface area contributed by atoms with Gasteiger partial charge in [-0.2, -0.15) is 0 Å². The molecule has 0 atom stereocenters. The molecule has 0 radical (unpaired) electrons. The van der Waals surface area contributed by atoms with E-state index in [0.29, 0.717) is 6.07 Å². The van der Waals surface area contributed by atoms with E-state index in [2.05, 4.69) is 5.32 Å². The number of anilines is 2. The summed E-state index contributed by atoms with van der Waals surface area (Å²) in [5, 5.41) is 4.21. The number of nitrogens with one attached hydrogen (secondary N) is 2. The Morgan fingerprint density at radius 2 is 1.35 bits per heavy atom. The smallest absolute Gasteiger partial charge is 0.239 e. The maximum atomic E-state index is 13.6. The second kappa shape index (κ2) is 7.11. The van der Waals surface area contributed by atoms with Gasteiger partial charge in [0, 0.05) is 11.8 Å². The molecule has 2 aromatic carbocycles. The highest BCUT2D eigenvalue weighted by atomic mass is 19.2. The van der Waals surface area contributed by atoms with Gasteiger partial charge in [-0.15, -0.1) is 0 Å². The molecule has 0 unspecified atom stereocenters. The van der Waals surface area contributed by atoms with E-state index in [1.165, 1.54) is 13.8 Å². The Morgan fingerprint density at radius 1 is 0.769 bits per heavy atom. The Morgan fingerprint density at radius 3 is 1.96 bits per heavy atom. The molecule has 2 N–H and O–H groups in total. The Hall–Kier alpha value is -2.97. The van der Waals surface area contributed by atoms with Crippen molar-refractivity contribution in [3.8, 4) is 0 Å². The molecule has 0 aliphatic rings. The number of rotatable bonds is 4. The van der Waals surface area contributed by atoms with Crippen molar-refractivity contribution in [2.24, 2.45) is 5.41 Å². The fourth-order valence-corrected chi connectivity index (χ4v) is 1.87. The van der Waals surface area contributed by atoms with Gasteiger partial charge in [0.1, 0.15) is 5.41 Å². The molecule has 0 aliphatic carbocycles. The average molecular weight is 372 g/mol. The summed E-state index contributed by atoms with van der Waals surface area (Å²) in [7, 11) is 0. The molecule has 0 spiro atoms. The molecule has 26 heavy (non-hydrogen) atoms. The van der Waals surface area contributed by atoms with Crippen molar-refractivity contribution in [3.05, 3.63) is 59.4 Å². The number of hydrogen-bond acceptors (Lipinski definition) is 2. The van der Waals surface area contributed by atoms with Gasteiger partial charge in [-0.05, 0) is 38.1 Å². The lowest BCUT2D eigenvalue weighted by Crippen LogP contribution is -2.41. The third-order valence-corrected chi connectivity index (χ3v) is 3.60. The maximum Gasteiger partial charge on any atom is 0.239 e. The molecule has 0 aliphatic heterocycles. The average Bonchev–Trinajstić information content (AvgIpc) is 2.58. The highest BCUT2D eigenvalue weighted by Gasteiger charge is 2.37. The Balaban J connectivity index is 2.17. The van der Waals surface area contributed by atoms with E-state index < -0.39 is 52.0 Å². The quantitative estimate of drug-likeness (QED) is 0.485. The molecule has 138 valence electrons. The molecule has 2 rings (SSSR count). The van der Waals surface area contributed by atoms with E-state index >= 15 is 0 Å². The summed E-state index contributed by atoms with van der Waals surface area (Å²) in [4.78, 5) is 24.5. The summed E-state index contributed by atoms with van der Waals surface area (Å²) in [6, 6.07) is 4.00. The highest BCUT2D eigenvalue weighted by molar-refractivity contribution is 6.14. The molecule has 0 saturated carbocycles. The lowest BCUT2D eigenvalue weighted by atomic mass is 9.90. The Labute approximate surface area is 145 Å². The van der Waals surface area contributed by atoms with E-state index in [1.54, 1.807) is 0 Å². The van der Waals surface area contributed by atoms with Crippen molar-refractivity contribution in [2.75, 3.05) is 10.6 Å². The zero-order valence-corrected chi connectivity index (χ0v) is 13.6. The molecule has 0 heterocycles. The van der Waals surface area contributed by atoms with Crippen LogP contribution in [0.2, 0.25) is 0 Å². The first kappa shape index (κ1) is 19.4. The standard InChI is InChI=1S/C17H13F5N2O2/c1-17(2,15(25)23-8-3-4-9(18)11(20)7-8)16(26)24-12-6-5-10(19)13(21)14(12)22/h3-7H,1-2H3,(H,23,25)(H,24,26). The van der Waals surface area contributed by atoms with Crippen molar-refractivity contribution in [2.45, 2.75) is 13.8 Å². The minimum atomic E-state index is -1.80. The zero-order chi connectivity index (χ0) is 19.6. The molecule has 0 aromatic heterocycles. The maximum absolute atomic E-state index is 13.6. The van der Waals surface area contributed by atoms with Crippen LogP contribution in [0.25, 0.3) is 0 Å². The topological polar surface area (TPSA) is 58.2 Å². The summed E-state index contributed by atoms with van der Waals surface area (Å²) in [6.45, 7) is 2.35. The van der Waals surface area contributed by atoms with Crippen LogP contribution in [0.3, 0.4) is 0 Å². The number of carbonyl (C=O) groups is 2. The fraction of sp³-hybridized carbons (Fsp3) is 0.176. The van der Waals surface area contributed by atoms with Gasteiger partial charge in [0.2, 0.25) is 11.8 Å². The summed E-state index contributed by atoms with van der Waals surface area (Å²) in [6.07, 6.45) is 0. The molecule has 0 fully saturated rings. The van der Waals surface area contributed by atoms with E-state index in [-0.39, 0.29) is 5.69 Å². The van der Waals surface area contributed by atoms with E-state index in [0.717, 1.165) is 24.3 Å². The van der Waals surface area contributed by atoms with Crippen LogP contribution in [-0.4, -0.2) is 11.8 Å². The van der Waals surface area contributed by atoms with Gasteiger partial charge < -0.3 is 10.6 Å². The van der Waals surface area contributed by atoms with Crippen LogP contribution in [0, 0.1) is 34.5 Å². The van der Waals surface area contributed by atoms with E-state index in [1.807, 2.05) is 5.32 Å². The first-order valence-corrected chi connectivity index (χ1v) is 7.25. The third kappa shape index (κ3) is 3.81. The minimum Gasteiger partial charge on any atom is -0.325 e. The van der Waals surface area contributed by atoms with Crippen LogP contribution in [-0.2, 0) is 9.59 Å². The molecule has 0 bridgehead atoms. The van der Waals surface area contributed by atoms with Gasteiger partial charge in [-0.25, -0.2) is 22.0 Å². The first-order chi connectivity index (χ1) is 12.0. The van der Waals surface area contributed by atoms with E-state index in [4.69, 9.17) is 0 Å². The fourth-order valence-electron chi connectivity index (χ4n) is 1.87. The SMILES string of the molecule is CC(C)(C(=O)Nc1ccc(F)c(F)c1)C(=O)Nc1ccc(F)c(F)c1F. The summed E-state index contributed by atoms with van der Waals surface area (Å²) < 4.78 is 65.8. The number of benzene rings is 2. The largest absolute Gasteiger partial charge is 0.325 e. The first-order valence-electron chi connectivity index (χ1n) is 7.25. The predicted octanol–water partition coefficient (Wildman–Crippen LogP) is 3.99. The van der Waals surface area contributed by atoms with Gasteiger partial charge in [0.05, 0.1) is 5.69 Å². The Bertz CT molecular complexity index is 884. The third-order valence-electron chi connectivity index (χ3n) is 3.60. The van der Waals surface area contributed by atoms with Crippen molar-refractivity contribution in [3.63, 3.8) is 0 Å². The van der Waals surface area contributed by atoms with E-state index in [9.17, 15) is 31.5 Å². The number of halogens is 5. The molecule has 2 aromatic rings. The molecular formula is C17H13F5N2O2. The van der Waals surface area contributed by atoms with Crippen molar-refractivity contribution >= 4 is 23.2 Å². The summed E-state index contributed by atoms with van der Waals surface area (Å²) in [5.74, 6) is -9.08. The summed E-state index contributed by atoms with van der Waals surface area (Å²) in [5.41, 5.74) is -2.56. The van der Waals surface area contributed by atoms with Gasteiger partial charge in [-0.3, -0.25) is 9.59 Å². The molecule has 2 amide bonds. The van der Waals surface area contributed by atoms with Crippen LogP contribution in [0.15, 0.2) is 30.3 Å². The molecule has 0 saturated heterocycles. The van der Waals surface area contributed by atoms with Crippen LogP contribution >= 0.6 is 0 Å². The van der Waals surface area contributed by atoms with Gasteiger partial charge >= 0.3 is 0 Å². The highest BCUT2D eigenvalue weighted by Crippen LogP contribution is 2.25. The van der Waals surface area contributed by atoms with Gasteiger partial charge in [-0.1, -0.05) is 0 Å². The molecule has 9 heteroatoms. The predicted molar refractivity (Wildman–Crippen MR) is 83.7 cm³/mol. The zero-order valence-electron chi connectivity index (χ0n) is 13.6. The van der Waals surface area contributed by atoms with Crippen LogP contribution < -0.4 is 10.6 Å². The lowest BCUT2D eigenvalue weighted by Gasteiger charge is -2.23. The van der Waals surface area contributed by atoms with Gasteiger partial charge in [0.15, 0.2) is 29.1 Å². The van der Waals surface area contributed by atoms with Gasteiger partial charge in [0.25, 0.3) is 0 Å². The number of hydrogen-bond donors (Lipinski definition) is 2. The second-order valence-electron chi connectivity index (χ2n) is 5.89. The number of carbonyl (C=O) groups excluding carboxylic acids is 2. The van der Waals surface area contributed by atoms with Crippen LogP contribution in [0.4, 0.5) is 33.3 Å². The van der Waals surface area contributed by atoms with Crippen molar-refractivity contribution < 1.29 is 31.5 Å². The number of amides is 2. The second-order valence-corrected chi connectivity index (χ2v) is 5.89. The molecular weight excluding hydrogens is 359 g/mol. The van der Waals surface area contributed by atoms with Crippen LogP contribution in [0.5, 0.6) is 0 Å². The van der Waals surface area contributed by atoms with Crippen molar-refractivity contribution in [1.29, 1.82) is 0 Å². The minimum absolute atomic E-state index is 0.103. The lowest BCUT2D eigenvalue weighted by molar-refractivity contribution is -0.135. The monoisotopic (exact) mass is 372 g/mol. The normalized spacial score (nSPS) is 11.2. The molecule has 4 nitrogen and oxygen atoms in total.